The smallest absolute Gasteiger partial charge is 0.291 e. The Morgan fingerprint density at radius 3 is 2.34 bits per heavy atom. The number of carbonyl (C=O) groups is 2. The molecule has 2 heterocycles. The maximum atomic E-state index is 13.8. The second kappa shape index (κ2) is 9.23. The number of nitrogens with zero attached hydrogens (tertiary/aromatic N) is 3. The van der Waals surface area contributed by atoms with Crippen LogP contribution in [0.15, 0.2) is 77.5 Å². The number of amides is 2. The van der Waals surface area contributed by atoms with E-state index in [-0.39, 0.29) is 29.5 Å². The number of halogens is 1. The first-order valence-electron chi connectivity index (χ1n) is 9.58. The molecule has 162 valence electrons. The Morgan fingerprint density at radius 1 is 1.00 bits per heavy atom. The number of anilines is 2. The number of aliphatic hydroxyl groups excluding tert-OH is 1. The zero-order valence-corrected chi connectivity index (χ0v) is 16.6. The van der Waals surface area contributed by atoms with Crippen LogP contribution in [0.25, 0.3) is 0 Å². The Hall–Kier alpha value is -4.31. The highest BCUT2D eigenvalue weighted by molar-refractivity contribution is 6.04. The summed E-state index contributed by atoms with van der Waals surface area (Å²) >= 11 is 0. The lowest BCUT2D eigenvalue weighted by Gasteiger charge is -2.11. The molecule has 2 amide bonds. The zero-order valence-electron chi connectivity index (χ0n) is 16.6. The van der Waals surface area contributed by atoms with Crippen molar-refractivity contribution in [3.8, 4) is 0 Å². The van der Waals surface area contributed by atoms with Gasteiger partial charge in [-0.15, -0.1) is 5.10 Å². The summed E-state index contributed by atoms with van der Waals surface area (Å²) in [6, 6.07) is 15.5. The fraction of sp³-hybridized carbons (Fsp3) is 0.0909. The Balaban J connectivity index is 1.34. The van der Waals surface area contributed by atoms with Gasteiger partial charge < -0.3 is 20.2 Å². The van der Waals surface area contributed by atoms with E-state index >= 15 is 0 Å². The molecule has 2 aromatic carbocycles. The molecule has 9 nitrogen and oxygen atoms in total. The maximum Gasteiger partial charge on any atom is 0.291 e. The second-order valence-electron chi connectivity index (χ2n) is 6.83. The van der Waals surface area contributed by atoms with Crippen LogP contribution in [0.5, 0.6) is 0 Å². The van der Waals surface area contributed by atoms with Crippen molar-refractivity contribution in [3.63, 3.8) is 0 Å². The van der Waals surface area contributed by atoms with Crippen molar-refractivity contribution in [1.82, 2.24) is 15.0 Å². The van der Waals surface area contributed by atoms with Gasteiger partial charge in [-0.25, -0.2) is 9.07 Å². The molecular formula is C22H18FN5O4. The molecule has 0 aliphatic rings. The highest BCUT2D eigenvalue weighted by Crippen LogP contribution is 2.19. The molecule has 0 aliphatic carbocycles. The zero-order chi connectivity index (χ0) is 22.5. The standard InChI is InChI=1S/C22H18FN5O4/c23-17-5-2-1-4-16(17)19(29)13-28-12-18(26-27-28)21(30)24-14-7-9-15(10-8-14)25-22(31)20-6-3-11-32-20/h1-12,19,29H,13H2,(H,24,30)(H,25,31)/t19-/m1/s1. The van der Waals surface area contributed by atoms with Crippen LogP contribution in [0.2, 0.25) is 0 Å². The topological polar surface area (TPSA) is 122 Å². The molecule has 3 N–H and O–H groups in total. The van der Waals surface area contributed by atoms with Gasteiger partial charge in [-0.2, -0.15) is 0 Å². The molecule has 1 atom stereocenters. The predicted octanol–water partition coefficient (Wildman–Crippen LogP) is 3.25. The van der Waals surface area contributed by atoms with Crippen molar-refractivity contribution in [2.45, 2.75) is 12.6 Å². The number of furan rings is 1. The molecule has 0 radical (unpaired) electrons. The minimum absolute atomic E-state index is 0.0286. The molecule has 32 heavy (non-hydrogen) atoms. The highest BCUT2D eigenvalue weighted by Gasteiger charge is 2.16. The number of benzene rings is 2. The second-order valence-corrected chi connectivity index (χ2v) is 6.83. The third-order valence-corrected chi connectivity index (χ3v) is 4.54. The Labute approximate surface area is 181 Å². The molecule has 0 saturated carbocycles. The number of carbonyl (C=O) groups excluding carboxylic acids is 2. The minimum atomic E-state index is -1.14. The summed E-state index contributed by atoms with van der Waals surface area (Å²) in [7, 11) is 0. The molecule has 0 unspecified atom stereocenters. The monoisotopic (exact) mass is 435 g/mol. The van der Waals surface area contributed by atoms with Crippen molar-refractivity contribution < 1.29 is 23.5 Å². The van der Waals surface area contributed by atoms with Crippen LogP contribution in [-0.2, 0) is 6.54 Å². The van der Waals surface area contributed by atoms with Crippen molar-refractivity contribution >= 4 is 23.2 Å². The molecule has 0 spiro atoms. The highest BCUT2D eigenvalue weighted by atomic mass is 19.1. The van der Waals surface area contributed by atoms with Crippen molar-refractivity contribution in [1.29, 1.82) is 0 Å². The van der Waals surface area contributed by atoms with Gasteiger partial charge in [0.1, 0.15) is 11.9 Å². The summed E-state index contributed by atoms with van der Waals surface area (Å²) in [5.41, 5.74) is 1.17. The number of aliphatic hydroxyl groups is 1. The van der Waals surface area contributed by atoms with Gasteiger partial charge in [0.2, 0.25) is 0 Å². The average molecular weight is 435 g/mol. The van der Waals surface area contributed by atoms with Gasteiger partial charge in [-0.3, -0.25) is 9.59 Å². The van der Waals surface area contributed by atoms with Crippen LogP contribution in [0.1, 0.15) is 32.7 Å². The first kappa shape index (κ1) is 20.9. The van der Waals surface area contributed by atoms with Crippen LogP contribution >= 0.6 is 0 Å². The van der Waals surface area contributed by atoms with Gasteiger partial charge >= 0.3 is 0 Å². The number of hydrogen-bond acceptors (Lipinski definition) is 6. The lowest BCUT2D eigenvalue weighted by atomic mass is 10.1. The van der Waals surface area contributed by atoms with Gasteiger partial charge in [0.15, 0.2) is 11.5 Å². The Kier molecular flexibility index (Phi) is 6.04. The van der Waals surface area contributed by atoms with E-state index in [1.165, 1.54) is 35.3 Å². The van der Waals surface area contributed by atoms with Crippen LogP contribution in [-0.4, -0.2) is 31.9 Å². The van der Waals surface area contributed by atoms with Crippen LogP contribution in [0.4, 0.5) is 15.8 Å². The minimum Gasteiger partial charge on any atom is -0.459 e. The lowest BCUT2D eigenvalue weighted by molar-refractivity contribution is 0.0994. The summed E-state index contributed by atoms with van der Waals surface area (Å²) in [5.74, 6) is -1.24. The number of nitrogens with one attached hydrogen (secondary N) is 2. The molecule has 4 aromatic rings. The summed E-state index contributed by atoms with van der Waals surface area (Å²) in [5, 5.41) is 23.2. The van der Waals surface area contributed by atoms with Crippen molar-refractivity contribution in [3.05, 3.63) is 96.0 Å². The van der Waals surface area contributed by atoms with E-state index < -0.39 is 17.8 Å². The third-order valence-electron chi connectivity index (χ3n) is 4.54. The maximum absolute atomic E-state index is 13.8. The molecule has 4 rings (SSSR count). The van der Waals surface area contributed by atoms with Crippen LogP contribution in [0.3, 0.4) is 0 Å². The fourth-order valence-corrected chi connectivity index (χ4v) is 2.95. The molecule has 2 aromatic heterocycles. The molecule has 0 bridgehead atoms. The molecule has 10 heteroatoms. The summed E-state index contributed by atoms with van der Waals surface area (Å²) in [6.45, 7) is -0.0642. The molecule has 0 fully saturated rings. The van der Waals surface area contributed by atoms with Gasteiger partial charge in [0.25, 0.3) is 11.8 Å². The quantitative estimate of drug-likeness (QED) is 0.410. The third kappa shape index (κ3) is 4.87. The molecule has 0 saturated heterocycles. The summed E-state index contributed by atoms with van der Waals surface area (Å²) in [4.78, 5) is 24.4. The lowest BCUT2D eigenvalue weighted by Crippen LogP contribution is -2.13. The van der Waals surface area contributed by atoms with Gasteiger partial charge in [0.05, 0.1) is 19.0 Å². The van der Waals surface area contributed by atoms with Gasteiger partial charge in [-0.1, -0.05) is 23.4 Å². The number of aromatic nitrogens is 3. The molecular weight excluding hydrogens is 417 g/mol. The number of rotatable bonds is 7. The predicted molar refractivity (Wildman–Crippen MR) is 112 cm³/mol. The van der Waals surface area contributed by atoms with E-state index in [0.717, 1.165) is 0 Å². The van der Waals surface area contributed by atoms with E-state index in [1.807, 2.05) is 0 Å². The first-order chi connectivity index (χ1) is 15.5. The largest absolute Gasteiger partial charge is 0.459 e. The summed E-state index contributed by atoms with van der Waals surface area (Å²) < 4.78 is 20.1. The van der Waals surface area contributed by atoms with Crippen molar-refractivity contribution in [2.75, 3.05) is 10.6 Å². The van der Waals surface area contributed by atoms with E-state index in [9.17, 15) is 19.1 Å². The van der Waals surface area contributed by atoms with E-state index in [0.29, 0.717) is 11.4 Å². The Bertz CT molecular complexity index is 1220. The van der Waals surface area contributed by atoms with E-state index in [1.54, 1.807) is 42.5 Å². The van der Waals surface area contributed by atoms with Crippen molar-refractivity contribution in [2.24, 2.45) is 0 Å². The van der Waals surface area contributed by atoms with Crippen LogP contribution < -0.4 is 10.6 Å². The average Bonchev–Trinajstić information content (AvgIpc) is 3.48. The first-order valence-corrected chi connectivity index (χ1v) is 9.58. The normalized spacial score (nSPS) is 11.7. The SMILES string of the molecule is O=C(Nc1ccc(NC(=O)c2ccco2)cc1)c1cn(C[C@@H](O)c2ccccc2F)nn1. The van der Waals surface area contributed by atoms with Gasteiger partial charge in [-0.05, 0) is 42.5 Å². The molecule has 0 aliphatic heterocycles. The number of hydrogen-bond donors (Lipinski definition) is 3. The summed E-state index contributed by atoms with van der Waals surface area (Å²) in [6.07, 6.45) is 1.62. The van der Waals surface area contributed by atoms with Crippen LogP contribution in [0, 0.1) is 5.82 Å². The van der Waals surface area contributed by atoms with E-state index in [2.05, 4.69) is 20.9 Å². The fourth-order valence-electron chi connectivity index (χ4n) is 2.95. The van der Waals surface area contributed by atoms with E-state index in [4.69, 9.17) is 4.42 Å². The Morgan fingerprint density at radius 2 is 1.69 bits per heavy atom. The van der Waals surface area contributed by atoms with Gasteiger partial charge in [0, 0.05) is 16.9 Å².